The molecule has 0 radical (unpaired) electrons. The van der Waals surface area contributed by atoms with Crippen LogP contribution in [0.1, 0.15) is 16.8 Å². The van der Waals surface area contributed by atoms with Crippen LogP contribution in [0, 0.1) is 0 Å². The summed E-state index contributed by atoms with van der Waals surface area (Å²) in [6, 6.07) is 1.68. The van der Waals surface area contributed by atoms with Gasteiger partial charge in [0.25, 0.3) is 5.91 Å². The average molecular weight is 279 g/mol. The molecule has 20 heavy (non-hydrogen) atoms. The van der Waals surface area contributed by atoms with E-state index in [4.69, 9.17) is 10.9 Å². The van der Waals surface area contributed by atoms with Crippen LogP contribution >= 0.6 is 0 Å². The van der Waals surface area contributed by atoms with Gasteiger partial charge in [-0.3, -0.25) is 20.5 Å². The van der Waals surface area contributed by atoms with Crippen LogP contribution in [0.15, 0.2) is 18.5 Å². The third-order valence-corrected chi connectivity index (χ3v) is 3.50. The van der Waals surface area contributed by atoms with Crippen molar-refractivity contribution in [1.82, 2.24) is 14.8 Å². The maximum absolute atomic E-state index is 12.5. The number of hydrogen-bond acceptors (Lipinski definition) is 6. The smallest absolute Gasteiger partial charge is 0.257 e. The summed E-state index contributed by atoms with van der Waals surface area (Å²) in [5.41, 5.74) is 3.61. The first kappa shape index (κ1) is 14.7. The van der Waals surface area contributed by atoms with Gasteiger partial charge in [-0.2, -0.15) is 0 Å². The van der Waals surface area contributed by atoms with Gasteiger partial charge in [0.05, 0.1) is 17.9 Å². The van der Waals surface area contributed by atoms with Crippen molar-refractivity contribution < 1.29 is 9.90 Å². The van der Waals surface area contributed by atoms with Gasteiger partial charge in [-0.1, -0.05) is 0 Å². The van der Waals surface area contributed by atoms with Gasteiger partial charge in [0.15, 0.2) is 0 Å². The number of β-amino-alcohol motifs (C(OH)–C–C–N with tert-alkyl or cyclic N) is 1. The summed E-state index contributed by atoms with van der Waals surface area (Å²) >= 11 is 0. The summed E-state index contributed by atoms with van der Waals surface area (Å²) in [5.74, 6) is 5.37. The molecule has 0 saturated carbocycles. The van der Waals surface area contributed by atoms with Crippen molar-refractivity contribution in [2.24, 2.45) is 5.84 Å². The van der Waals surface area contributed by atoms with Crippen molar-refractivity contribution in [1.29, 1.82) is 0 Å². The summed E-state index contributed by atoms with van der Waals surface area (Å²) in [6.45, 7) is 3.84. The van der Waals surface area contributed by atoms with E-state index < -0.39 is 0 Å². The second-order valence-corrected chi connectivity index (χ2v) is 4.78. The van der Waals surface area contributed by atoms with E-state index in [-0.39, 0.29) is 12.5 Å². The molecule has 110 valence electrons. The minimum absolute atomic E-state index is 0.0584. The monoisotopic (exact) mass is 279 g/mol. The molecule has 1 aliphatic heterocycles. The first-order valence-corrected chi connectivity index (χ1v) is 6.79. The van der Waals surface area contributed by atoms with Gasteiger partial charge in [-0.05, 0) is 19.0 Å². The Kier molecular flexibility index (Phi) is 5.28. The number of hydrogen-bond donors (Lipinski definition) is 3. The lowest BCUT2D eigenvalue weighted by Gasteiger charge is -2.22. The topological polar surface area (TPSA) is 94.7 Å². The zero-order valence-corrected chi connectivity index (χ0v) is 11.5. The number of pyridine rings is 1. The van der Waals surface area contributed by atoms with Crippen LogP contribution in [0.25, 0.3) is 0 Å². The van der Waals surface area contributed by atoms with Crippen LogP contribution in [0.4, 0.5) is 5.69 Å². The Morgan fingerprint density at radius 2 is 2.25 bits per heavy atom. The number of carbonyl (C=O) groups excluding carboxylic acids is 1. The minimum Gasteiger partial charge on any atom is -0.395 e. The summed E-state index contributed by atoms with van der Waals surface area (Å²) in [7, 11) is 0. The molecule has 1 aromatic heterocycles. The lowest BCUT2D eigenvalue weighted by molar-refractivity contribution is 0.0761. The molecule has 1 saturated heterocycles. The average Bonchev–Trinajstić information content (AvgIpc) is 2.72. The molecule has 7 nitrogen and oxygen atoms in total. The number of aliphatic hydroxyl groups is 1. The second kappa shape index (κ2) is 7.18. The molecule has 1 aliphatic rings. The van der Waals surface area contributed by atoms with Gasteiger partial charge < -0.3 is 15.4 Å². The maximum Gasteiger partial charge on any atom is 0.257 e. The largest absolute Gasteiger partial charge is 0.395 e. The minimum atomic E-state index is -0.0584. The second-order valence-electron chi connectivity index (χ2n) is 4.78. The number of nitrogens with two attached hydrogens (primary N) is 1. The molecular formula is C13H21N5O2. The number of rotatable bonds is 4. The summed E-state index contributed by atoms with van der Waals surface area (Å²) in [5, 5.41) is 8.98. The van der Waals surface area contributed by atoms with Gasteiger partial charge >= 0.3 is 0 Å². The Labute approximate surface area is 118 Å². The number of hydrazine groups is 1. The van der Waals surface area contributed by atoms with Crippen molar-refractivity contribution >= 4 is 11.6 Å². The van der Waals surface area contributed by atoms with Crippen molar-refractivity contribution in [2.45, 2.75) is 6.42 Å². The molecule has 7 heteroatoms. The SMILES string of the molecule is NNc1ccncc1C(=O)N1CCCN(CCO)CC1. The third-order valence-electron chi connectivity index (χ3n) is 3.50. The molecule has 0 atom stereocenters. The molecule has 2 rings (SSSR count). The lowest BCUT2D eigenvalue weighted by Crippen LogP contribution is -2.36. The van der Waals surface area contributed by atoms with E-state index in [9.17, 15) is 4.79 Å². The quantitative estimate of drug-likeness (QED) is 0.508. The molecule has 4 N–H and O–H groups in total. The van der Waals surface area contributed by atoms with E-state index >= 15 is 0 Å². The highest BCUT2D eigenvalue weighted by atomic mass is 16.3. The number of nitrogens with one attached hydrogen (secondary N) is 1. The van der Waals surface area contributed by atoms with Crippen molar-refractivity contribution in [3.63, 3.8) is 0 Å². The van der Waals surface area contributed by atoms with E-state index in [1.165, 1.54) is 6.20 Å². The fourth-order valence-corrected chi connectivity index (χ4v) is 2.40. The number of nitrogens with zero attached hydrogens (tertiary/aromatic N) is 3. The van der Waals surface area contributed by atoms with Crippen LogP contribution < -0.4 is 11.3 Å². The standard InChI is InChI=1S/C13H21N5O2/c14-16-12-2-3-15-10-11(12)13(20)18-5-1-4-17(6-7-18)8-9-19/h2-3,10,19H,1,4-9,14H2,(H,15,16). The van der Waals surface area contributed by atoms with Crippen molar-refractivity contribution in [3.05, 3.63) is 24.0 Å². The van der Waals surface area contributed by atoms with E-state index in [1.54, 1.807) is 12.3 Å². The molecule has 0 unspecified atom stereocenters. The fourth-order valence-electron chi connectivity index (χ4n) is 2.40. The predicted molar refractivity (Wildman–Crippen MR) is 76.1 cm³/mol. The van der Waals surface area contributed by atoms with Crippen molar-refractivity contribution in [3.8, 4) is 0 Å². The summed E-state index contributed by atoms with van der Waals surface area (Å²) in [4.78, 5) is 20.5. The van der Waals surface area contributed by atoms with Gasteiger partial charge in [0.2, 0.25) is 0 Å². The number of amides is 1. The molecule has 0 spiro atoms. The number of carbonyl (C=O) groups is 1. The summed E-state index contributed by atoms with van der Waals surface area (Å²) < 4.78 is 0. The predicted octanol–water partition coefficient (Wildman–Crippen LogP) is -0.493. The molecule has 1 aromatic rings. The Morgan fingerprint density at radius 1 is 1.40 bits per heavy atom. The van der Waals surface area contributed by atoms with Gasteiger partial charge in [0, 0.05) is 38.6 Å². The molecule has 1 amide bonds. The van der Waals surface area contributed by atoms with Crippen LogP contribution in [0.5, 0.6) is 0 Å². The molecule has 2 heterocycles. The number of aromatic nitrogens is 1. The van der Waals surface area contributed by atoms with Gasteiger partial charge in [0.1, 0.15) is 0 Å². The zero-order valence-electron chi connectivity index (χ0n) is 11.5. The fraction of sp³-hybridized carbons (Fsp3) is 0.538. The third kappa shape index (κ3) is 3.44. The van der Waals surface area contributed by atoms with E-state index in [0.717, 1.165) is 19.5 Å². The van der Waals surface area contributed by atoms with E-state index in [1.807, 2.05) is 4.90 Å². The highest BCUT2D eigenvalue weighted by molar-refractivity contribution is 5.99. The van der Waals surface area contributed by atoms with Crippen LogP contribution in [0.2, 0.25) is 0 Å². The number of aliphatic hydroxyl groups excluding tert-OH is 1. The van der Waals surface area contributed by atoms with Crippen LogP contribution in [0.3, 0.4) is 0 Å². The van der Waals surface area contributed by atoms with Crippen LogP contribution in [-0.4, -0.2) is 65.1 Å². The highest BCUT2D eigenvalue weighted by Gasteiger charge is 2.22. The van der Waals surface area contributed by atoms with Crippen molar-refractivity contribution in [2.75, 3.05) is 44.8 Å². The van der Waals surface area contributed by atoms with Gasteiger partial charge in [-0.15, -0.1) is 0 Å². The number of anilines is 1. The Hall–Kier alpha value is -1.70. The lowest BCUT2D eigenvalue weighted by atomic mass is 10.2. The Bertz CT molecular complexity index is 454. The molecule has 0 aliphatic carbocycles. The highest BCUT2D eigenvalue weighted by Crippen LogP contribution is 2.16. The Balaban J connectivity index is 2.05. The molecule has 0 bridgehead atoms. The maximum atomic E-state index is 12.5. The van der Waals surface area contributed by atoms with E-state index in [0.29, 0.717) is 30.9 Å². The zero-order chi connectivity index (χ0) is 14.4. The first-order valence-electron chi connectivity index (χ1n) is 6.79. The molecule has 0 aromatic carbocycles. The Morgan fingerprint density at radius 3 is 3.00 bits per heavy atom. The first-order chi connectivity index (χ1) is 9.76. The molecule has 1 fully saturated rings. The normalized spacial score (nSPS) is 16.8. The van der Waals surface area contributed by atoms with Crippen LogP contribution in [-0.2, 0) is 0 Å². The number of nitrogen functional groups attached to an aromatic ring is 1. The summed E-state index contributed by atoms with van der Waals surface area (Å²) in [6.07, 6.45) is 4.03. The van der Waals surface area contributed by atoms with E-state index in [2.05, 4.69) is 15.3 Å². The van der Waals surface area contributed by atoms with Gasteiger partial charge in [-0.25, -0.2) is 0 Å². The molecular weight excluding hydrogens is 258 g/mol.